The fourth-order valence-electron chi connectivity index (χ4n) is 4.83. The number of ether oxygens (including phenoxy) is 2. The smallest absolute Gasteiger partial charge is 0.251 e. The van der Waals surface area contributed by atoms with Crippen LogP contribution in [0.3, 0.4) is 0 Å². The Hall–Kier alpha value is -3.80. The van der Waals surface area contributed by atoms with E-state index in [2.05, 4.69) is 73.1 Å². The lowest BCUT2D eigenvalue weighted by Gasteiger charge is -2.19. The maximum Gasteiger partial charge on any atom is 0.251 e. The van der Waals surface area contributed by atoms with Crippen molar-refractivity contribution in [2.45, 2.75) is 71.3 Å². The van der Waals surface area contributed by atoms with Gasteiger partial charge in [-0.05, 0) is 79.1 Å². The molecule has 0 atom stereocenters. The predicted octanol–water partition coefficient (Wildman–Crippen LogP) is 7.34. The van der Waals surface area contributed by atoms with Crippen molar-refractivity contribution in [3.8, 4) is 11.5 Å². The highest BCUT2D eigenvalue weighted by Gasteiger charge is 2.13. The molecule has 212 valence electrons. The summed E-state index contributed by atoms with van der Waals surface area (Å²) in [6, 6.07) is 24.1. The lowest BCUT2D eigenvalue weighted by Crippen LogP contribution is -2.24. The molecule has 0 spiro atoms. The number of para-hydroxylation sites is 2. The van der Waals surface area contributed by atoms with Crippen molar-refractivity contribution in [1.82, 2.24) is 14.9 Å². The number of hydrogen-bond acceptors (Lipinski definition) is 4. The fourth-order valence-corrected chi connectivity index (χ4v) is 4.83. The minimum Gasteiger partial charge on any atom is -0.497 e. The number of imidazole rings is 1. The van der Waals surface area contributed by atoms with Gasteiger partial charge in [-0.25, -0.2) is 4.98 Å². The average molecular weight is 542 g/mol. The van der Waals surface area contributed by atoms with Crippen molar-refractivity contribution >= 4 is 16.9 Å². The quantitative estimate of drug-likeness (QED) is 0.170. The molecule has 4 aromatic rings. The summed E-state index contributed by atoms with van der Waals surface area (Å²) < 4.78 is 13.6. The van der Waals surface area contributed by atoms with Crippen LogP contribution in [0.4, 0.5) is 0 Å². The Balaban J connectivity index is 1.21. The molecule has 0 radical (unpaired) electrons. The van der Waals surface area contributed by atoms with E-state index < -0.39 is 0 Å². The van der Waals surface area contributed by atoms with Gasteiger partial charge in [0, 0.05) is 25.1 Å². The van der Waals surface area contributed by atoms with Gasteiger partial charge in [0.15, 0.2) is 0 Å². The minimum absolute atomic E-state index is 0.0633. The van der Waals surface area contributed by atoms with Crippen LogP contribution >= 0.6 is 0 Å². The summed E-state index contributed by atoms with van der Waals surface area (Å²) in [6.07, 6.45) is 5.94. The molecule has 6 heteroatoms. The highest BCUT2D eigenvalue weighted by molar-refractivity contribution is 5.94. The molecule has 1 heterocycles. The molecule has 4 rings (SSSR count). The van der Waals surface area contributed by atoms with Crippen LogP contribution in [-0.2, 0) is 18.4 Å². The monoisotopic (exact) mass is 541 g/mol. The van der Waals surface area contributed by atoms with Crippen LogP contribution in [-0.4, -0.2) is 35.7 Å². The van der Waals surface area contributed by atoms with Crippen LogP contribution < -0.4 is 14.8 Å². The minimum atomic E-state index is -0.0633. The summed E-state index contributed by atoms with van der Waals surface area (Å²) in [5.74, 6) is 2.70. The number of amides is 1. The number of hydrogen-bond donors (Lipinski definition) is 1. The second-order valence-corrected chi connectivity index (χ2v) is 11.3. The van der Waals surface area contributed by atoms with Crippen molar-refractivity contribution in [3.05, 3.63) is 89.7 Å². The molecule has 0 aliphatic rings. The summed E-state index contributed by atoms with van der Waals surface area (Å²) in [5.41, 5.74) is 4.34. The van der Waals surface area contributed by atoms with Gasteiger partial charge in [0.2, 0.25) is 0 Å². The molecule has 40 heavy (non-hydrogen) atoms. The van der Waals surface area contributed by atoms with Crippen molar-refractivity contribution < 1.29 is 14.3 Å². The maximum absolute atomic E-state index is 12.4. The molecule has 0 fully saturated rings. The zero-order valence-electron chi connectivity index (χ0n) is 24.4. The number of aromatic nitrogens is 2. The van der Waals surface area contributed by atoms with Gasteiger partial charge >= 0.3 is 0 Å². The standard InChI is InChI=1S/C34H43N3O3/c1-34(2,3)27-18-20-28(21-19-27)40-24-11-10-23-37-31-16-8-7-15-30(31)36-32(37)17-6-5-9-22-35-33(38)26-13-12-14-29(25-26)39-4/h7-8,12-16,18-21,25H,5-6,9-11,17,22-24H2,1-4H3,(H,35,38). The molecular formula is C34H43N3O3. The van der Waals surface area contributed by atoms with Crippen molar-refractivity contribution in [2.75, 3.05) is 20.3 Å². The van der Waals surface area contributed by atoms with E-state index in [-0.39, 0.29) is 11.3 Å². The van der Waals surface area contributed by atoms with Gasteiger partial charge in [-0.3, -0.25) is 4.79 Å². The van der Waals surface area contributed by atoms with Gasteiger partial charge in [-0.1, -0.05) is 57.5 Å². The van der Waals surface area contributed by atoms with Gasteiger partial charge in [-0.15, -0.1) is 0 Å². The van der Waals surface area contributed by atoms with Crippen LogP contribution in [0.2, 0.25) is 0 Å². The predicted molar refractivity (Wildman–Crippen MR) is 162 cm³/mol. The first-order chi connectivity index (χ1) is 19.3. The number of carbonyl (C=O) groups excluding carboxylic acids is 1. The second kappa shape index (κ2) is 14.0. The molecule has 1 aromatic heterocycles. The summed E-state index contributed by atoms with van der Waals surface area (Å²) in [6.45, 7) is 8.97. The number of fused-ring (bicyclic) bond motifs is 1. The maximum atomic E-state index is 12.4. The Bertz CT molecular complexity index is 1370. The van der Waals surface area contributed by atoms with E-state index >= 15 is 0 Å². The first-order valence-electron chi connectivity index (χ1n) is 14.4. The van der Waals surface area contributed by atoms with Gasteiger partial charge in [0.1, 0.15) is 17.3 Å². The van der Waals surface area contributed by atoms with E-state index in [0.717, 1.165) is 62.2 Å². The summed E-state index contributed by atoms with van der Waals surface area (Å²) in [5, 5.41) is 3.02. The molecule has 1 N–H and O–H groups in total. The summed E-state index contributed by atoms with van der Waals surface area (Å²) in [4.78, 5) is 17.3. The number of benzene rings is 3. The number of nitrogens with one attached hydrogen (secondary N) is 1. The third kappa shape index (κ3) is 8.10. The van der Waals surface area contributed by atoms with Crippen molar-refractivity contribution in [2.24, 2.45) is 0 Å². The highest BCUT2D eigenvalue weighted by atomic mass is 16.5. The highest BCUT2D eigenvalue weighted by Crippen LogP contribution is 2.24. The molecule has 6 nitrogen and oxygen atoms in total. The van der Waals surface area contributed by atoms with Crippen LogP contribution in [0.1, 0.15) is 74.6 Å². The Morgan fingerprint density at radius 2 is 1.68 bits per heavy atom. The molecule has 0 bridgehead atoms. The normalized spacial score (nSPS) is 11.5. The van der Waals surface area contributed by atoms with Crippen molar-refractivity contribution in [3.63, 3.8) is 0 Å². The molecule has 0 saturated heterocycles. The van der Waals surface area contributed by atoms with Gasteiger partial charge < -0.3 is 19.4 Å². The Morgan fingerprint density at radius 1 is 0.875 bits per heavy atom. The zero-order valence-corrected chi connectivity index (χ0v) is 24.4. The number of methoxy groups -OCH3 is 1. The van der Waals surface area contributed by atoms with Crippen LogP contribution in [0.15, 0.2) is 72.8 Å². The van der Waals surface area contributed by atoms with E-state index in [1.165, 1.54) is 11.1 Å². The molecule has 0 aliphatic heterocycles. The first kappa shape index (κ1) is 29.2. The molecule has 0 saturated carbocycles. The van der Waals surface area contributed by atoms with E-state index in [9.17, 15) is 4.79 Å². The molecule has 0 aliphatic carbocycles. The molecule has 0 unspecified atom stereocenters. The number of carbonyl (C=O) groups is 1. The lowest BCUT2D eigenvalue weighted by molar-refractivity contribution is 0.0952. The largest absolute Gasteiger partial charge is 0.497 e. The number of aryl methyl sites for hydroxylation is 2. The van der Waals surface area contributed by atoms with Gasteiger partial charge in [-0.2, -0.15) is 0 Å². The number of unbranched alkanes of at least 4 members (excludes halogenated alkanes) is 3. The third-order valence-electron chi connectivity index (χ3n) is 7.19. The SMILES string of the molecule is COc1cccc(C(=O)NCCCCCc2nc3ccccc3n2CCCCOc2ccc(C(C)(C)C)cc2)c1. The third-order valence-corrected chi connectivity index (χ3v) is 7.19. The van der Waals surface area contributed by atoms with E-state index in [1.54, 1.807) is 19.2 Å². The average Bonchev–Trinajstić information content (AvgIpc) is 3.31. The van der Waals surface area contributed by atoms with Crippen molar-refractivity contribution in [1.29, 1.82) is 0 Å². The summed E-state index contributed by atoms with van der Waals surface area (Å²) in [7, 11) is 1.60. The Labute approximate surface area is 238 Å². The second-order valence-electron chi connectivity index (χ2n) is 11.3. The van der Waals surface area contributed by atoms with E-state index in [4.69, 9.17) is 14.5 Å². The molecular weight excluding hydrogens is 498 g/mol. The molecule has 3 aromatic carbocycles. The van der Waals surface area contributed by atoms with Gasteiger partial charge in [0.05, 0.1) is 24.8 Å². The van der Waals surface area contributed by atoms with E-state index in [1.807, 2.05) is 18.2 Å². The fraction of sp³-hybridized carbons (Fsp3) is 0.412. The van der Waals surface area contributed by atoms with Crippen LogP contribution in [0.25, 0.3) is 11.0 Å². The number of rotatable bonds is 14. The zero-order chi connectivity index (χ0) is 28.4. The Morgan fingerprint density at radius 3 is 2.45 bits per heavy atom. The lowest BCUT2D eigenvalue weighted by atomic mass is 9.87. The first-order valence-corrected chi connectivity index (χ1v) is 14.4. The van der Waals surface area contributed by atoms with Crippen LogP contribution in [0.5, 0.6) is 11.5 Å². The van der Waals surface area contributed by atoms with E-state index in [0.29, 0.717) is 24.5 Å². The summed E-state index contributed by atoms with van der Waals surface area (Å²) >= 11 is 0. The number of nitrogens with zero attached hydrogens (tertiary/aromatic N) is 2. The molecule has 1 amide bonds. The topological polar surface area (TPSA) is 65.4 Å². The van der Waals surface area contributed by atoms with Gasteiger partial charge in [0.25, 0.3) is 5.91 Å². The Kier molecular flexibility index (Phi) is 10.2. The van der Waals surface area contributed by atoms with Crippen LogP contribution in [0, 0.1) is 0 Å².